The van der Waals surface area contributed by atoms with E-state index in [4.69, 9.17) is 0 Å². The van der Waals surface area contributed by atoms with Crippen LogP contribution in [-0.4, -0.2) is 21.0 Å². The molecule has 0 spiro atoms. The summed E-state index contributed by atoms with van der Waals surface area (Å²) >= 11 is 0. The van der Waals surface area contributed by atoms with Crippen molar-refractivity contribution >= 4 is 22.2 Å². The Kier molecular flexibility index (Phi) is 6.12. The van der Waals surface area contributed by atoms with Gasteiger partial charge < -0.3 is 0 Å². The largest absolute Gasteiger partial charge is 0.298 e. The van der Waals surface area contributed by atoms with Gasteiger partial charge in [0, 0.05) is 6.26 Å². The highest BCUT2D eigenvalue weighted by Gasteiger charge is 2.25. The second kappa shape index (κ2) is 7.23. The molecule has 3 nitrogen and oxygen atoms in total. The first kappa shape index (κ1) is 18.6. The van der Waals surface area contributed by atoms with Crippen LogP contribution < -0.4 is 0 Å². The molecule has 22 heavy (non-hydrogen) atoms. The number of rotatable bonds is 7. The highest BCUT2D eigenvalue weighted by molar-refractivity contribution is 7.90. The lowest BCUT2D eigenvalue weighted by Crippen LogP contribution is -2.22. The molecule has 1 aromatic rings. The van der Waals surface area contributed by atoms with Gasteiger partial charge in [-0.1, -0.05) is 46.2 Å². The van der Waals surface area contributed by atoms with Crippen LogP contribution in [0.25, 0.3) is 6.08 Å². The number of carbonyl (C=O) groups excluding carboxylic acids is 1. The fraction of sp³-hybridized carbons (Fsp3) is 0.500. The third-order valence-corrected chi connectivity index (χ3v) is 5.55. The van der Waals surface area contributed by atoms with E-state index in [9.17, 15) is 13.2 Å². The van der Waals surface area contributed by atoms with E-state index in [-0.39, 0.29) is 10.3 Å². The minimum absolute atomic E-state index is 0.0498. The second-order valence-electron chi connectivity index (χ2n) is 6.65. The molecule has 0 bridgehead atoms. The van der Waals surface area contributed by atoms with E-state index in [1.807, 2.05) is 6.08 Å². The first-order valence-corrected chi connectivity index (χ1v) is 9.45. The summed E-state index contributed by atoms with van der Waals surface area (Å²) in [4.78, 5) is 11.6. The first-order valence-electron chi connectivity index (χ1n) is 7.56. The Labute approximate surface area is 134 Å². The quantitative estimate of drug-likeness (QED) is 0.560. The van der Waals surface area contributed by atoms with Gasteiger partial charge in [-0.25, -0.2) is 8.42 Å². The summed E-state index contributed by atoms with van der Waals surface area (Å²) in [6, 6.07) is 6.61. The van der Waals surface area contributed by atoms with Crippen molar-refractivity contribution in [3.63, 3.8) is 0 Å². The Hall–Kier alpha value is -1.42. The number of hydrogen-bond acceptors (Lipinski definition) is 3. The van der Waals surface area contributed by atoms with Crippen LogP contribution in [-0.2, 0) is 14.6 Å². The molecule has 0 heterocycles. The zero-order valence-corrected chi connectivity index (χ0v) is 14.9. The molecule has 0 radical (unpaired) electrons. The van der Waals surface area contributed by atoms with Gasteiger partial charge in [0.2, 0.25) is 0 Å². The smallest absolute Gasteiger partial charge is 0.175 e. The standard InChI is InChI=1S/C18H26O3S/c1-6-14(2)18(3,4)12-16(13-19)11-15-7-9-17(10-8-15)22(5,20)21/h7-11,13-14H,6,12H2,1-5H3/b16-11+. The van der Waals surface area contributed by atoms with E-state index in [2.05, 4.69) is 27.7 Å². The van der Waals surface area contributed by atoms with Crippen molar-refractivity contribution < 1.29 is 13.2 Å². The zero-order chi connectivity index (χ0) is 17.0. The maximum atomic E-state index is 11.4. The van der Waals surface area contributed by atoms with E-state index < -0.39 is 9.84 Å². The molecular formula is C18H26O3S. The summed E-state index contributed by atoms with van der Waals surface area (Å²) in [6.45, 7) is 8.69. The van der Waals surface area contributed by atoms with Gasteiger partial charge in [0.1, 0.15) is 6.29 Å². The second-order valence-corrected chi connectivity index (χ2v) is 8.67. The van der Waals surface area contributed by atoms with E-state index in [1.54, 1.807) is 24.3 Å². The van der Waals surface area contributed by atoms with Gasteiger partial charge >= 0.3 is 0 Å². The Morgan fingerprint density at radius 2 is 1.77 bits per heavy atom. The molecule has 0 saturated carbocycles. The summed E-state index contributed by atoms with van der Waals surface area (Å²) in [5.41, 5.74) is 1.63. The van der Waals surface area contributed by atoms with Crippen molar-refractivity contribution in [3.05, 3.63) is 35.4 Å². The van der Waals surface area contributed by atoms with Gasteiger partial charge in [0.25, 0.3) is 0 Å². The van der Waals surface area contributed by atoms with Crippen LogP contribution in [0.1, 0.15) is 46.1 Å². The molecule has 122 valence electrons. The zero-order valence-electron chi connectivity index (χ0n) is 14.1. The average Bonchev–Trinajstić information content (AvgIpc) is 2.44. The number of sulfone groups is 1. The van der Waals surface area contributed by atoms with E-state index >= 15 is 0 Å². The van der Waals surface area contributed by atoms with E-state index in [0.29, 0.717) is 12.3 Å². The Bertz CT molecular complexity index is 637. The molecule has 1 rings (SSSR count). The van der Waals surface area contributed by atoms with Crippen LogP contribution in [0.15, 0.2) is 34.7 Å². The monoisotopic (exact) mass is 322 g/mol. The minimum Gasteiger partial charge on any atom is -0.298 e. The molecule has 0 fully saturated rings. The van der Waals surface area contributed by atoms with E-state index in [0.717, 1.165) is 23.8 Å². The molecule has 0 aliphatic heterocycles. The molecule has 0 N–H and O–H groups in total. The van der Waals surface area contributed by atoms with Crippen LogP contribution >= 0.6 is 0 Å². The van der Waals surface area contributed by atoms with Gasteiger partial charge in [0.05, 0.1) is 4.90 Å². The summed E-state index contributed by atoms with van der Waals surface area (Å²) in [6.07, 6.45) is 5.70. The highest BCUT2D eigenvalue weighted by Crippen LogP contribution is 2.35. The Morgan fingerprint density at radius 1 is 1.23 bits per heavy atom. The van der Waals surface area contributed by atoms with Crippen molar-refractivity contribution in [2.45, 2.75) is 45.4 Å². The predicted octanol–water partition coefficient (Wildman–Crippen LogP) is 4.13. The van der Waals surface area contributed by atoms with Crippen molar-refractivity contribution in [3.8, 4) is 0 Å². The number of benzene rings is 1. The van der Waals surface area contributed by atoms with Crippen LogP contribution in [0.2, 0.25) is 0 Å². The van der Waals surface area contributed by atoms with Crippen LogP contribution in [0.4, 0.5) is 0 Å². The lowest BCUT2D eigenvalue weighted by atomic mass is 9.74. The lowest BCUT2D eigenvalue weighted by Gasteiger charge is -2.31. The molecule has 0 aliphatic carbocycles. The number of carbonyl (C=O) groups is 1. The normalized spacial score (nSPS) is 14.7. The van der Waals surface area contributed by atoms with Gasteiger partial charge in [-0.05, 0) is 47.1 Å². The first-order chi connectivity index (χ1) is 10.1. The number of hydrogen-bond donors (Lipinski definition) is 0. The molecule has 1 atom stereocenters. The summed E-state index contributed by atoms with van der Waals surface area (Å²) in [5, 5.41) is 0. The average molecular weight is 322 g/mol. The minimum atomic E-state index is -3.19. The third-order valence-electron chi connectivity index (χ3n) is 4.42. The summed E-state index contributed by atoms with van der Waals surface area (Å²) in [5.74, 6) is 0.517. The molecule has 0 aliphatic rings. The van der Waals surface area contributed by atoms with Crippen molar-refractivity contribution in [2.24, 2.45) is 11.3 Å². The van der Waals surface area contributed by atoms with Gasteiger partial charge in [-0.3, -0.25) is 4.79 Å². The Balaban J connectivity index is 3.00. The SMILES string of the molecule is CCC(C)C(C)(C)C/C(C=O)=C\c1ccc(S(C)(=O)=O)cc1. The number of allylic oxidation sites excluding steroid dienone is 1. The summed E-state index contributed by atoms with van der Waals surface area (Å²) in [7, 11) is -3.19. The lowest BCUT2D eigenvalue weighted by molar-refractivity contribution is -0.105. The van der Waals surface area contributed by atoms with Crippen LogP contribution in [0, 0.1) is 11.3 Å². The maximum absolute atomic E-state index is 11.4. The van der Waals surface area contributed by atoms with Gasteiger partial charge in [-0.15, -0.1) is 0 Å². The summed E-state index contributed by atoms with van der Waals surface area (Å²) < 4.78 is 22.9. The predicted molar refractivity (Wildman–Crippen MR) is 91.4 cm³/mol. The molecule has 1 unspecified atom stereocenters. The Morgan fingerprint density at radius 3 is 2.18 bits per heavy atom. The van der Waals surface area contributed by atoms with Crippen LogP contribution in [0.5, 0.6) is 0 Å². The molecule has 0 amide bonds. The fourth-order valence-corrected chi connectivity index (χ4v) is 3.04. The van der Waals surface area contributed by atoms with Crippen LogP contribution in [0.3, 0.4) is 0 Å². The van der Waals surface area contributed by atoms with E-state index in [1.165, 1.54) is 6.26 Å². The molecule has 4 heteroatoms. The molecule has 0 saturated heterocycles. The maximum Gasteiger partial charge on any atom is 0.175 e. The fourth-order valence-electron chi connectivity index (χ4n) is 2.40. The highest BCUT2D eigenvalue weighted by atomic mass is 32.2. The molecule has 1 aromatic carbocycles. The van der Waals surface area contributed by atoms with Crippen molar-refractivity contribution in [2.75, 3.05) is 6.26 Å². The van der Waals surface area contributed by atoms with Crippen molar-refractivity contribution in [1.29, 1.82) is 0 Å². The van der Waals surface area contributed by atoms with Crippen molar-refractivity contribution in [1.82, 2.24) is 0 Å². The van der Waals surface area contributed by atoms with Gasteiger partial charge in [-0.2, -0.15) is 0 Å². The molecule has 0 aromatic heterocycles. The third kappa shape index (κ3) is 5.09. The topological polar surface area (TPSA) is 51.2 Å². The number of aldehydes is 1. The van der Waals surface area contributed by atoms with Gasteiger partial charge in [0.15, 0.2) is 9.84 Å². The molecular weight excluding hydrogens is 296 g/mol.